The van der Waals surface area contributed by atoms with Crippen LogP contribution < -0.4 is 0 Å². The molecule has 0 atom stereocenters. The Morgan fingerprint density at radius 1 is 0.300 bits per heavy atom. The molecule has 0 unspecified atom stereocenters. The highest BCUT2D eigenvalue weighted by atomic mass is 16.7. The lowest BCUT2D eigenvalue weighted by atomic mass is 9.53. The Balaban J connectivity index is 1.62. The number of rotatable bonds is 0. The molecule has 2 saturated heterocycles. The van der Waals surface area contributed by atoms with Crippen LogP contribution in [0.15, 0.2) is 97.1 Å². The van der Waals surface area contributed by atoms with Crippen molar-refractivity contribution in [3.63, 3.8) is 0 Å². The summed E-state index contributed by atoms with van der Waals surface area (Å²) in [6, 6.07) is 35.1. The van der Waals surface area contributed by atoms with Crippen molar-refractivity contribution in [1.29, 1.82) is 0 Å². The predicted molar refractivity (Wildman–Crippen MR) is 111 cm³/mol. The van der Waals surface area contributed by atoms with E-state index < -0.39 is 22.4 Å². The zero-order valence-electron chi connectivity index (χ0n) is 16.1. The Labute approximate surface area is 173 Å². The maximum atomic E-state index is 7.10. The van der Waals surface area contributed by atoms with E-state index in [0.29, 0.717) is 0 Å². The molecule has 0 aromatic heterocycles. The normalized spacial score (nSPS) is 36.3. The van der Waals surface area contributed by atoms with Crippen molar-refractivity contribution in [3.8, 4) is 0 Å². The molecule has 4 aromatic rings. The molecule has 2 heterocycles. The van der Waals surface area contributed by atoms with Crippen LogP contribution in [0.25, 0.3) is 0 Å². The van der Waals surface area contributed by atoms with Crippen molar-refractivity contribution in [2.45, 2.75) is 22.4 Å². The van der Waals surface area contributed by atoms with Crippen LogP contribution in [0.1, 0.15) is 44.5 Å². The van der Waals surface area contributed by atoms with Crippen LogP contribution >= 0.6 is 0 Å². The van der Waals surface area contributed by atoms with Crippen LogP contribution in [-0.4, -0.2) is 0 Å². The second kappa shape index (κ2) is 4.02. The number of hydrogen-bond donors (Lipinski definition) is 0. The average molecular weight is 384 g/mol. The Kier molecular flexibility index (Phi) is 1.98. The van der Waals surface area contributed by atoms with Gasteiger partial charge >= 0.3 is 0 Å². The van der Waals surface area contributed by atoms with Gasteiger partial charge in [-0.15, -0.1) is 0 Å². The number of hydrogen-bond acceptors (Lipinski definition) is 2. The van der Waals surface area contributed by atoms with E-state index in [9.17, 15) is 0 Å². The average Bonchev–Trinajstić information content (AvgIpc) is 3.69. The van der Waals surface area contributed by atoms with Crippen LogP contribution in [-0.2, 0) is 31.9 Å². The van der Waals surface area contributed by atoms with Crippen LogP contribution in [0.3, 0.4) is 0 Å². The van der Waals surface area contributed by atoms with Crippen molar-refractivity contribution in [3.05, 3.63) is 142 Å². The first-order valence-electron chi connectivity index (χ1n) is 10.6. The summed E-state index contributed by atoms with van der Waals surface area (Å²) >= 11 is 0. The highest BCUT2D eigenvalue weighted by molar-refractivity contribution is 5.80. The van der Waals surface area contributed by atoms with Crippen molar-refractivity contribution in [2.24, 2.45) is 0 Å². The lowest BCUT2D eigenvalue weighted by molar-refractivity contribution is 0.256. The number of ether oxygens (including phenoxy) is 2. The molecule has 4 aromatic carbocycles. The Morgan fingerprint density at radius 2 is 0.467 bits per heavy atom. The van der Waals surface area contributed by atoms with Gasteiger partial charge in [0.05, 0.1) is 0 Å². The van der Waals surface area contributed by atoms with Gasteiger partial charge in [-0.1, -0.05) is 97.1 Å². The van der Waals surface area contributed by atoms with E-state index in [-0.39, 0.29) is 0 Å². The molecule has 2 nitrogen and oxygen atoms in total. The largest absolute Gasteiger partial charge is 0.342 e. The van der Waals surface area contributed by atoms with E-state index in [4.69, 9.17) is 9.47 Å². The van der Waals surface area contributed by atoms with Crippen molar-refractivity contribution < 1.29 is 9.47 Å². The van der Waals surface area contributed by atoms with Gasteiger partial charge in [0, 0.05) is 0 Å². The molecule has 0 bridgehead atoms. The molecule has 2 heteroatoms. The third-order valence-electron chi connectivity index (χ3n) is 8.26. The maximum absolute atomic E-state index is 7.10. The fourth-order valence-corrected chi connectivity index (χ4v) is 7.33. The molecule has 4 aliphatic rings. The summed E-state index contributed by atoms with van der Waals surface area (Å²) in [5, 5.41) is 0. The zero-order valence-corrected chi connectivity index (χ0v) is 16.1. The molecule has 0 radical (unpaired) electrons. The standard InChI is InChI=1S/C28H16O2/c1-2-10-18-17(9-1)25-19-11-3-4-12-20(19)26(18)28(30-26)23-15-7-5-13-21(23)27(25,29-25)22-14-6-8-16-24(22)28/h1-16H. The van der Waals surface area contributed by atoms with Gasteiger partial charge in [0.15, 0.2) is 22.4 Å². The first kappa shape index (κ1) is 14.7. The number of fused-ring (bicyclic) bond motifs is 14. The number of benzene rings is 4. The molecular weight excluding hydrogens is 368 g/mol. The molecule has 2 aliphatic heterocycles. The minimum absolute atomic E-state index is 0.518. The van der Waals surface area contributed by atoms with Crippen molar-refractivity contribution in [1.82, 2.24) is 0 Å². The Morgan fingerprint density at radius 3 is 0.633 bits per heavy atom. The predicted octanol–water partition coefficient (Wildman–Crippen LogP) is 5.06. The van der Waals surface area contributed by atoms with Gasteiger partial charge in [0.25, 0.3) is 0 Å². The molecule has 8 rings (SSSR count). The van der Waals surface area contributed by atoms with Crippen LogP contribution in [0.4, 0.5) is 0 Å². The lowest BCUT2D eigenvalue weighted by Crippen LogP contribution is -2.45. The molecule has 4 spiro atoms. The fraction of sp³-hybridized carbons (Fsp3) is 0.143. The van der Waals surface area contributed by atoms with E-state index in [1.165, 1.54) is 44.5 Å². The van der Waals surface area contributed by atoms with Crippen molar-refractivity contribution >= 4 is 0 Å². The molecule has 0 saturated carbocycles. The van der Waals surface area contributed by atoms with Crippen LogP contribution in [0, 0.1) is 0 Å². The molecule has 30 heavy (non-hydrogen) atoms. The van der Waals surface area contributed by atoms with Gasteiger partial charge < -0.3 is 9.47 Å². The van der Waals surface area contributed by atoms with E-state index >= 15 is 0 Å². The third kappa shape index (κ3) is 1.07. The van der Waals surface area contributed by atoms with Gasteiger partial charge in [0.2, 0.25) is 0 Å². The molecule has 2 aliphatic carbocycles. The van der Waals surface area contributed by atoms with Gasteiger partial charge in [0.1, 0.15) is 0 Å². The Bertz CT molecular complexity index is 1160. The summed E-state index contributed by atoms with van der Waals surface area (Å²) in [5.41, 5.74) is 8.00. The summed E-state index contributed by atoms with van der Waals surface area (Å²) in [6.07, 6.45) is 0. The SMILES string of the molecule is c1ccc2c(c1)C13OC14c1ccccc1C1(OC21c1ccccc13)c1ccccc14. The monoisotopic (exact) mass is 384 g/mol. The smallest absolute Gasteiger partial charge is 0.158 e. The maximum Gasteiger partial charge on any atom is 0.158 e. The second-order valence-corrected chi connectivity index (χ2v) is 9.11. The van der Waals surface area contributed by atoms with E-state index in [0.717, 1.165) is 0 Å². The van der Waals surface area contributed by atoms with Crippen LogP contribution in [0.2, 0.25) is 0 Å². The summed E-state index contributed by atoms with van der Waals surface area (Å²) in [6.45, 7) is 0. The van der Waals surface area contributed by atoms with Crippen LogP contribution in [0.5, 0.6) is 0 Å². The molecule has 2 fully saturated rings. The quantitative estimate of drug-likeness (QED) is 0.396. The highest BCUT2D eigenvalue weighted by Crippen LogP contribution is 2.86. The van der Waals surface area contributed by atoms with Gasteiger partial charge in [-0.05, 0) is 44.5 Å². The zero-order chi connectivity index (χ0) is 19.3. The molecule has 0 amide bonds. The first-order valence-corrected chi connectivity index (χ1v) is 10.6. The lowest BCUT2D eigenvalue weighted by Gasteiger charge is -2.42. The summed E-state index contributed by atoms with van der Waals surface area (Å²) in [4.78, 5) is 0. The molecule has 140 valence electrons. The highest BCUT2D eigenvalue weighted by Gasteiger charge is 2.90. The summed E-state index contributed by atoms with van der Waals surface area (Å²) in [5.74, 6) is 0. The third-order valence-corrected chi connectivity index (χ3v) is 8.26. The molecule has 0 N–H and O–H groups in total. The second-order valence-electron chi connectivity index (χ2n) is 9.11. The first-order chi connectivity index (χ1) is 14.8. The van der Waals surface area contributed by atoms with Gasteiger partial charge in [-0.3, -0.25) is 0 Å². The van der Waals surface area contributed by atoms with E-state index in [1.54, 1.807) is 0 Å². The Hall–Kier alpha value is -3.20. The number of epoxide rings is 2. The fourth-order valence-electron chi connectivity index (χ4n) is 7.33. The minimum atomic E-state index is -0.518. The topological polar surface area (TPSA) is 25.1 Å². The summed E-state index contributed by atoms with van der Waals surface area (Å²) in [7, 11) is 0. The minimum Gasteiger partial charge on any atom is -0.342 e. The van der Waals surface area contributed by atoms with Crippen molar-refractivity contribution in [2.75, 3.05) is 0 Å². The van der Waals surface area contributed by atoms with E-state index in [1.807, 2.05) is 0 Å². The molecular formula is C28H16O2. The van der Waals surface area contributed by atoms with Gasteiger partial charge in [-0.2, -0.15) is 0 Å². The summed E-state index contributed by atoms with van der Waals surface area (Å²) < 4.78 is 14.2. The van der Waals surface area contributed by atoms with E-state index in [2.05, 4.69) is 97.1 Å². The van der Waals surface area contributed by atoms with Gasteiger partial charge in [-0.25, -0.2) is 0 Å².